The van der Waals surface area contributed by atoms with E-state index < -0.39 is 0 Å². The average molecular weight is 644 g/mol. The molecule has 2 aromatic carbocycles. The lowest BCUT2D eigenvalue weighted by molar-refractivity contribution is 0.472. The van der Waals surface area contributed by atoms with E-state index in [-0.39, 0.29) is 0 Å². The highest BCUT2D eigenvalue weighted by molar-refractivity contribution is 9.14. The smallest absolute Gasteiger partial charge is 0.156 e. The number of rotatable bonds is 2. The molecule has 0 unspecified atom stereocenters. The van der Waals surface area contributed by atoms with Crippen molar-refractivity contribution in [3.05, 3.63) is 51.1 Å². The van der Waals surface area contributed by atoms with E-state index in [1.165, 1.54) is 0 Å². The van der Waals surface area contributed by atoms with Crippen LogP contribution in [0, 0.1) is 0 Å². The molecular weight excluding hydrogens is 640 g/mol. The number of benzene rings is 2. The Balaban J connectivity index is 2.48. The molecule has 19 heavy (non-hydrogen) atoms. The van der Waals surface area contributed by atoms with Crippen LogP contribution in [0.1, 0.15) is 0 Å². The Morgan fingerprint density at radius 3 is 1.79 bits per heavy atom. The first kappa shape index (κ1) is 16.5. The molecule has 7 heteroatoms. The second-order valence-corrected chi connectivity index (χ2v) is 8.39. The fourth-order valence-corrected chi connectivity index (χ4v) is 4.07. The molecule has 0 aromatic heterocycles. The SMILES string of the molecule is Brc1ccc(Oc2c(Br)ccc(Br)c2Br)c(Br)c1Br. The predicted molar refractivity (Wildman–Crippen MR) is 99.2 cm³/mol. The second kappa shape index (κ2) is 6.92. The van der Waals surface area contributed by atoms with Crippen LogP contribution in [-0.2, 0) is 0 Å². The van der Waals surface area contributed by atoms with E-state index in [2.05, 4.69) is 95.6 Å². The molecular formula is C12H4Br6O. The van der Waals surface area contributed by atoms with Crippen LogP contribution in [0.5, 0.6) is 11.5 Å². The molecule has 0 N–H and O–H groups in total. The van der Waals surface area contributed by atoms with Crippen LogP contribution in [0.25, 0.3) is 0 Å². The fourth-order valence-electron chi connectivity index (χ4n) is 1.30. The molecule has 0 aliphatic rings. The summed E-state index contributed by atoms with van der Waals surface area (Å²) < 4.78 is 11.3. The molecule has 0 saturated heterocycles. The van der Waals surface area contributed by atoms with Gasteiger partial charge < -0.3 is 4.74 Å². The molecule has 0 bridgehead atoms. The first-order valence-electron chi connectivity index (χ1n) is 4.86. The van der Waals surface area contributed by atoms with Crippen molar-refractivity contribution in [1.29, 1.82) is 0 Å². The van der Waals surface area contributed by atoms with Gasteiger partial charge in [-0.05, 0) is 120 Å². The third-order valence-corrected chi connectivity index (χ3v) is 8.15. The Bertz CT molecular complexity index is 641. The zero-order valence-electron chi connectivity index (χ0n) is 8.99. The molecule has 2 aromatic rings. The molecule has 0 radical (unpaired) electrons. The molecule has 0 atom stereocenters. The zero-order valence-corrected chi connectivity index (χ0v) is 18.5. The lowest BCUT2D eigenvalue weighted by Crippen LogP contribution is -1.90. The molecule has 0 fully saturated rings. The van der Waals surface area contributed by atoms with E-state index in [1.54, 1.807) is 0 Å². The van der Waals surface area contributed by atoms with E-state index in [1.807, 2.05) is 24.3 Å². The molecule has 0 heterocycles. The van der Waals surface area contributed by atoms with Crippen LogP contribution >= 0.6 is 95.6 Å². The van der Waals surface area contributed by atoms with Gasteiger partial charge in [-0.1, -0.05) is 0 Å². The summed E-state index contributed by atoms with van der Waals surface area (Å²) in [5.74, 6) is 1.43. The quantitative estimate of drug-likeness (QED) is 0.238. The van der Waals surface area contributed by atoms with Crippen molar-refractivity contribution in [3.63, 3.8) is 0 Å². The van der Waals surface area contributed by atoms with Gasteiger partial charge in [-0.3, -0.25) is 0 Å². The van der Waals surface area contributed by atoms with Crippen molar-refractivity contribution >= 4 is 95.6 Å². The zero-order chi connectivity index (χ0) is 14.2. The third kappa shape index (κ3) is 3.66. The molecule has 0 spiro atoms. The lowest BCUT2D eigenvalue weighted by Gasteiger charge is -2.13. The highest BCUT2D eigenvalue weighted by Crippen LogP contribution is 2.45. The molecule has 0 aliphatic heterocycles. The van der Waals surface area contributed by atoms with Gasteiger partial charge in [0, 0.05) is 13.4 Å². The van der Waals surface area contributed by atoms with Gasteiger partial charge in [-0.2, -0.15) is 0 Å². The van der Waals surface area contributed by atoms with Crippen molar-refractivity contribution in [2.45, 2.75) is 0 Å². The number of hydrogen-bond donors (Lipinski definition) is 0. The molecule has 2 rings (SSSR count). The summed E-state index contributed by atoms with van der Waals surface area (Å²) in [6, 6.07) is 7.67. The highest BCUT2D eigenvalue weighted by atomic mass is 79.9. The van der Waals surface area contributed by atoms with Crippen molar-refractivity contribution < 1.29 is 4.74 Å². The van der Waals surface area contributed by atoms with Crippen molar-refractivity contribution in [2.75, 3.05) is 0 Å². The van der Waals surface area contributed by atoms with Gasteiger partial charge in [0.05, 0.1) is 13.4 Å². The van der Waals surface area contributed by atoms with Crippen LogP contribution in [0.4, 0.5) is 0 Å². The topological polar surface area (TPSA) is 9.23 Å². The maximum absolute atomic E-state index is 5.97. The predicted octanol–water partition coefficient (Wildman–Crippen LogP) is 8.05. The summed E-state index contributed by atoms with van der Waals surface area (Å²) in [7, 11) is 0. The fraction of sp³-hybridized carbons (Fsp3) is 0. The molecule has 1 nitrogen and oxygen atoms in total. The maximum Gasteiger partial charge on any atom is 0.156 e. The van der Waals surface area contributed by atoms with Gasteiger partial charge >= 0.3 is 0 Å². The first-order chi connectivity index (χ1) is 8.91. The Labute approximate surface area is 161 Å². The van der Waals surface area contributed by atoms with Gasteiger partial charge in [0.2, 0.25) is 0 Å². The lowest BCUT2D eigenvalue weighted by atomic mass is 10.3. The summed E-state index contributed by atoms with van der Waals surface area (Å²) in [6.45, 7) is 0. The van der Waals surface area contributed by atoms with Crippen LogP contribution in [0.2, 0.25) is 0 Å². The highest BCUT2D eigenvalue weighted by Gasteiger charge is 2.14. The first-order valence-corrected chi connectivity index (χ1v) is 9.62. The van der Waals surface area contributed by atoms with Gasteiger partial charge in [0.15, 0.2) is 5.75 Å². The Hall–Kier alpha value is 1.12. The average Bonchev–Trinajstić information content (AvgIpc) is 2.39. The largest absolute Gasteiger partial charge is 0.454 e. The summed E-state index contributed by atoms with van der Waals surface area (Å²) in [5, 5.41) is 0. The third-order valence-electron chi connectivity index (χ3n) is 2.21. The van der Waals surface area contributed by atoms with E-state index in [0.717, 1.165) is 32.6 Å². The monoisotopic (exact) mass is 638 g/mol. The van der Waals surface area contributed by atoms with Crippen molar-refractivity contribution in [1.82, 2.24) is 0 Å². The Morgan fingerprint density at radius 2 is 1.11 bits per heavy atom. The van der Waals surface area contributed by atoms with Crippen LogP contribution in [0.15, 0.2) is 51.1 Å². The van der Waals surface area contributed by atoms with Crippen molar-refractivity contribution in [3.8, 4) is 11.5 Å². The normalized spacial score (nSPS) is 10.6. The molecule has 100 valence electrons. The van der Waals surface area contributed by atoms with E-state index >= 15 is 0 Å². The Kier molecular flexibility index (Phi) is 6.01. The van der Waals surface area contributed by atoms with Gasteiger partial charge in [0.25, 0.3) is 0 Å². The van der Waals surface area contributed by atoms with Crippen LogP contribution < -0.4 is 4.74 Å². The number of ether oxygens (including phenoxy) is 1. The molecule has 0 amide bonds. The van der Waals surface area contributed by atoms with E-state index in [0.29, 0.717) is 5.75 Å². The molecule has 0 aliphatic carbocycles. The van der Waals surface area contributed by atoms with E-state index in [9.17, 15) is 0 Å². The minimum absolute atomic E-state index is 0.712. The van der Waals surface area contributed by atoms with Crippen molar-refractivity contribution in [2.24, 2.45) is 0 Å². The second-order valence-electron chi connectivity index (χ2n) is 3.45. The summed E-state index contributed by atoms with van der Waals surface area (Å²) in [5.41, 5.74) is 0. The minimum Gasteiger partial charge on any atom is -0.454 e. The van der Waals surface area contributed by atoms with Gasteiger partial charge in [-0.25, -0.2) is 0 Å². The number of hydrogen-bond acceptors (Lipinski definition) is 1. The summed E-state index contributed by atoms with van der Waals surface area (Å²) in [6.07, 6.45) is 0. The van der Waals surface area contributed by atoms with E-state index in [4.69, 9.17) is 4.74 Å². The summed E-state index contributed by atoms with van der Waals surface area (Å²) in [4.78, 5) is 0. The van der Waals surface area contributed by atoms with Gasteiger partial charge in [-0.15, -0.1) is 0 Å². The van der Waals surface area contributed by atoms with Crippen LogP contribution in [0.3, 0.4) is 0 Å². The minimum atomic E-state index is 0.712. The van der Waals surface area contributed by atoms with Crippen LogP contribution in [-0.4, -0.2) is 0 Å². The number of halogens is 6. The molecule has 0 saturated carbocycles. The maximum atomic E-state index is 5.97. The standard InChI is InChI=1S/C12H4Br6O/c13-5-3-4-8(11(18)9(5)16)19-12-7(15)2-1-6(14)10(12)17/h1-4H. The summed E-state index contributed by atoms with van der Waals surface area (Å²) >= 11 is 20.9. The Morgan fingerprint density at radius 1 is 0.579 bits per heavy atom. The van der Waals surface area contributed by atoms with Gasteiger partial charge in [0.1, 0.15) is 5.75 Å².